The van der Waals surface area contributed by atoms with Crippen LogP contribution in [0.4, 0.5) is 0 Å². The second-order valence-corrected chi connectivity index (χ2v) is 5.30. The Kier molecular flexibility index (Phi) is 10.5. The highest BCUT2D eigenvalue weighted by Crippen LogP contribution is 2.16. The molecule has 6 N–H and O–H groups in total. The number of hydrogen-bond donors (Lipinski definition) is 5. The molecule has 0 fully saturated rings. The summed E-state index contributed by atoms with van der Waals surface area (Å²) in [5.41, 5.74) is 5.17. The maximum Gasteiger partial charge on any atom is 0.249 e. The van der Waals surface area contributed by atoms with Crippen molar-refractivity contribution in [2.45, 2.75) is 63.9 Å². The molecule has 7 heteroatoms. The van der Waals surface area contributed by atoms with Crippen LogP contribution in [0.1, 0.15) is 39.5 Å². The fourth-order valence-corrected chi connectivity index (χ4v) is 2.00. The van der Waals surface area contributed by atoms with Crippen LogP contribution in [0.25, 0.3) is 0 Å². The van der Waals surface area contributed by atoms with Gasteiger partial charge >= 0.3 is 0 Å². The van der Waals surface area contributed by atoms with Gasteiger partial charge in [0.15, 0.2) is 6.10 Å². The molecule has 7 nitrogen and oxygen atoms in total. The topological polar surface area (TPSA) is 133 Å². The third-order valence-electron chi connectivity index (χ3n) is 3.58. The van der Waals surface area contributed by atoms with Gasteiger partial charge in [0.2, 0.25) is 5.91 Å². The average molecular weight is 307 g/mol. The lowest BCUT2D eigenvalue weighted by Gasteiger charge is -2.28. The van der Waals surface area contributed by atoms with Crippen molar-refractivity contribution >= 4 is 5.91 Å². The Hall–Kier alpha value is -0.730. The quantitative estimate of drug-likeness (QED) is 0.319. The Labute approximate surface area is 125 Å². The molecule has 0 saturated heterocycles. The van der Waals surface area contributed by atoms with E-state index in [0.717, 1.165) is 25.7 Å². The van der Waals surface area contributed by atoms with E-state index in [9.17, 15) is 20.1 Å². The van der Waals surface area contributed by atoms with E-state index >= 15 is 0 Å². The van der Waals surface area contributed by atoms with Crippen molar-refractivity contribution in [2.75, 3.05) is 13.2 Å². The van der Waals surface area contributed by atoms with E-state index in [4.69, 9.17) is 15.6 Å². The third kappa shape index (κ3) is 7.19. The summed E-state index contributed by atoms with van der Waals surface area (Å²) in [6.45, 7) is 3.58. The van der Waals surface area contributed by atoms with E-state index in [1.54, 1.807) is 0 Å². The first-order valence-electron chi connectivity index (χ1n) is 7.44. The minimum atomic E-state index is -1.71. The van der Waals surface area contributed by atoms with Gasteiger partial charge in [-0.2, -0.15) is 0 Å². The van der Waals surface area contributed by atoms with E-state index < -0.39 is 36.9 Å². The SMILES string of the molecule is CCCCC(CC)CO[C@@H](C(N)=O)[C@@H](O)[C@H](O)[C@H](O)CO. The minimum Gasteiger partial charge on any atom is -0.394 e. The summed E-state index contributed by atoms with van der Waals surface area (Å²) >= 11 is 0. The number of carbonyl (C=O) groups is 1. The van der Waals surface area contributed by atoms with E-state index in [0.29, 0.717) is 0 Å². The summed E-state index contributed by atoms with van der Waals surface area (Å²) in [6.07, 6.45) is -2.47. The first-order chi connectivity index (χ1) is 9.88. The Morgan fingerprint density at radius 2 is 1.81 bits per heavy atom. The number of primary amides is 1. The van der Waals surface area contributed by atoms with Gasteiger partial charge in [-0.3, -0.25) is 4.79 Å². The van der Waals surface area contributed by atoms with Gasteiger partial charge in [0, 0.05) is 0 Å². The van der Waals surface area contributed by atoms with Crippen molar-refractivity contribution in [3.8, 4) is 0 Å². The van der Waals surface area contributed by atoms with Crippen molar-refractivity contribution in [3.63, 3.8) is 0 Å². The fraction of sp³-hybridized carbons (Fsp3) is 0.929. The standard InChI is InChI=1S/C14H29NO6/c1-3-5-6-9(4-2)8-21-13(14(15)20)12(19)11(18)10(17)7-16/h9-13,16-19H,3-8H2,1-2H3,(H2,15,20)/t9?,10-,11-,12+,13-/m1/s1. The van der Waals surface area contributed by atoms with Gasteiger partial charge in [-0.25, -0.2) is 0 Å². The molecule has 0 aromatic carbocycles. The summed E-state index contributed by atoms with van der Waals surface area (Å²) in [7, 11) is 0. The summed E-state index contributed by atoms with van der Waals surface area (Å²) < 4.78 is 5.35. The van der Waals surface area contributed by atoms with Gasteiger partial charge in [-0.05, 0) is 12.3 Å². The third-order valence-corrected chi connectivity index (χ3v) is 3.58. The number of unbranched alkanes of at least 4 members (excludes halogenated alkanes) is 1. The molecule has 0 spiro atoms. The summed E-state index contributed by atoms with van der Waals surface area (Å²) in [5, 5.41) is 37.5. The summed E-state index contributed by atoms with van der Waals surface area (Å²) in [4.78, 5) is 11.4. The van der Waals surface area contributed by atoms with Crippen LogP contribution in [0.3, 0.4) is 0 Å². The highest BCUT2D eigenvalue weighted by atomic mass is 16.5. The molecule has 21 heavy (non-hydrogen) atoms. The van der Waals surface area contributed by atoms with Gasteiger partial charge in [0.1, 0.15) is 18.3 Å². The predicted octanol–water partition coefficient (Wildman–Crippen LogP) is -0.852. The molecule has 0 saturated carbocycles. The molecule has 0 bridgehead atoms. The number of hydrogen-bond acceptors (Lipinski definition) is 6. The van der Waals surface area contributed by atoms with Crippen LogP contribution in [-0.2, 0) is 9.53 Å². The van der Waals surface area contributed by atoms with Crippen molar-refractivity contribution in [2.24, 2.45) is 11.7 Å². The predicted molar refractivity (Wildman–Crippen MR) is 77.3 cm³/mol. The van der Waals surface area contributed by atoms with E-state index in [1.165, 1.54) is 0 Å². The summed E-state index contributed by atoms with van der Waals surface area (Å²) in [5.74, 6) is -0.684. The zero-order valence-corrected chi connectivity index (χ0v) is 12.8. The average Bonchev–Trinajstić information content (AvgIpc) is 2.48. The lowest BCUT2D eigenvalue weighted by molar-refractivity contribution is -0.157. The molecule has 1 amide bonds. The molecule has 0 aliphatic rings. The monoisotopic (exact) mass is 307 g/mol. The van der Waals surface area contributed by atoms with Crippen LogP contribution in [0, 0.1) is 5.92 Å². The number of carbonyl (C=O) groups excluding carboxylic acids is 1. The van der Waals surface area contributed by atoms with Crippen LogP contribution in [0.15, 0.2) is 0 Å². The maximum atomic E-state index is 11.4. The Bertz CT molecular complexity index is 289. The van der Waals surface area contributed by atoms with Crippen LogP contribution >= 0.6 is 0 Å². The molecule has 0 aromatic heterocycles. The largest absolute Gasteiger partial charge is 0.394 e. The van der Waals surface area contributed by atoms with Crippen LogP contribution in [0.5, 0.6) is 0 Å². The van der Waals surface area contributed by atoms with Crippen LogP contribution < -0.4 is 5.73 Å². The van der Waals surface area contributed by atoms with Crippen molar-refractivity contribution < 1.29 is 30.0 Å². The number of nitrogens with two attached hydrogens (primary N) is 1. The summed E-state index contributed by atoms with van der Waals surface area (Å²) in [6, 6.07) is 0. The number of rotatable bonds is 12. The van der Waals surface area contributed by atoms with Gasteiger partial charge in [-0.1, -0.05) is 33.1 Å². The normalized spacial score (nSPS) is 18.8. The van der Waals surface area contributed by atoms with Crippen molar-refractivity contribution in [1.82, 2.24) is 0 Å². The smallest absolute Gasteiger partial charge is 0.249 e. The molecule has 126 valence electrons. The second-order valence-electron chi connectivity index (χ2n) is 5.30. The number of amides is 1. The molecular formula is C14H29NO6. The molecule has 5 atom stereocenters. The van der Waals surface area contributed by atoms with Gasteiger partial charge in [0.25, 0.3) is 0 Å². The molecule has 0 aromatic rings. The minimum absolute atomic E-state index is 0.235. The van der Waals surface area contributed by atoms with E-state index in [2.05, 4.69) is 6.92 Å². The highest BCUT2D eigenvalue weighted by molar-refractivity contribution is 5.79. The first-order valence-corrected chi connectivity index (χ1v) is 7.44. The molecule has 0 aliphatic carbocycles. The van der Waals surface area contributed by atoms with Crippen molar-refractivity contribution in [3.05, 3.63) is 0 Å². The molecule has 0 rings (SSSR count). The van der Waals surface area contributed by atoms with Gasteiger partial charge in [0.05, 0.1) is 13.2 Å². The first kappa shape index (κ1) is 20.3. The van der Waals surface area contributed by atoms with E-state index in [-0.39, 0.29) is 12.5 Å². The highest BCUT2D eigenvalue weighted by Gasteiger charge is 2.35. The zero-order valence-electron chi connectivity index (χ0n) is 12.8. The maximum absolute atomic E-state index is 11.4. The fourth-order valence-electron chi connectivity index (χ4n) is 2.00. The molecule has 0 aliphatic heterocycles. The van der Waals surface area contributed by atoms with E-state index in [1.807, 2.05) is 6.92 Å². The molecular weight excluding hydrogens is 278 g/mol. The second kappa shape index (κ2) is 10.9. The van der Waals surface area contributed by atoms with Crippen molar-refractivity contribution in [1.29, 1.82) is 0 Å². The molecule has 0 radical (unpaired) electrons. The Balaban J connectivity index is 4.57. The number of aliphatic hydroxyl groups excluding tert-OH is 4. The Morgan fingerprint density at radius 3 is 2.24 bits per heavy atom. The zero-order chi connectivity index (χ0) is 16.4. The Morgan fingerprint density at radius 1 is 1.19 bits per heavy atom. The number of aliphatic hydroxyl groups is 4. The molecule has 1 unspecified atom stereocenters. The molecule has 0 heterocycles. The lowest BCUT2D eigenvalue weighted by Crippen LogP contribution is -2.52. The lowest BCUT2D eigenvalue weighted by atomic mass is 9.99. The van der Waals surface area contributed by atoms with Crippen LogP contribution in [-0.4, -0.2) is 64.0 Å². The number of ether oxygens (including phenoxy) is 1. The van der Waals surface area contributed by atoms with Gasteiger partial charge in [-0.15, -0.1) is 0 Å². The van der Waals surface area contributed by atoms with Gasteiger partial charge < -0.3 is 30.9 Å². The van der Waals surface area contributed by atoms with Crippen LogP contribution in [0.2, 0.25) is 0 Å².